The summed E-state index contributed by atoms with van der Waals surface area (Å²) < 4.78 is 3.05. The lowest BCUT2D eigenvalue weighted by Gasteiger charge is -2.09. The standard InChI is InChI=1S/C14H21N3S/c1-11-7-6-8-12-13(11)15-14(18)17(12)10-5-4-9-16(2)3/h6-8H,4-5,9-10H2,1-3H3,(H,15,18). The summed E-state index contributed by atoms with van der Waals surface area (Å²) in [5.74, 6) is 0. The SMILES string of the molecule is Cc1cccc2c1[nH]c(=S)n2CCCCN(C)C. The highest BCUT2D eigenvalue weighted by atomic mass is 32.1. The van der Waals surface area contributed by atoms with Gasteiger partial charge in [-0.25, -0.2) is 0 Å². The number of unbranched alkanes of at least 4 members (excludes halogenated alkanes) is 1. The van der Waals surface area contributed by atoms with Crippen LogP contribution in [-0.4, -0.2) is 35.1 Å². The van der Waals surface area contributed by atoms with Gasteiger partial charge < -0.3 is 14.5 Å². The molecule has 0 aliphatic rings. The molecular formula is C14H21N3S. The zero-order valence-electron chi connectivity index (χ0n) is 11.4. The Balaban J connectivity index is 2.16. The van der Waals surface area contributed by atoms with Crippen LogP contribution in [0, 0.1) is 11.7 Å². The van der Waals surface area contributed by atoms with E-state index in [4.69, 9.17) is 12.2 Å². The fraction of sp³-hybridized carbons (Fsp3) is 0.500. The van der Waals surface area contributed by atoms with Crippen LogP contribution in [0.1, 0.15) is 18.4 Å². The van der Waals surface area contributed by atoms with Gasteiger partial charge in [0.25, 0.3) is 0 Å². The second-order valence-electron chi connectivity index (χ2n) is 5.06. The van der Waals surface area contributed by atoms with Crippen LogP contribution in [0.4, 0.5) is 0 Å². The van der Waals surface area contributed by atoms with Crippen molar-refractivity contribution in [1.29, 1.82) is 0 Å². The van der Waals surface area contributed by atoms with Gasteiger partial charge in [-0.3, -0.25) is 0 Å². The van der Waals surface area contributed by atoms with E-state index in [0.29, 0.717) is 0 Å². The number of hydrogen-bond donors (Lipinski definition) is 1. The first-order valence-corrected chi connectivity index (χ1v) is 6.83. The number of fused-ring (bicyclic) bond motifs is 1. The predicted octanol–water partition coefficient (Wildman–Crippen LogP) is 3.35. The number of rotatable bonds is 5. The Labute approximate surface area is 113 Å². The van der Waals surface area contributed by atoms with Gasteiger partial charge in [0.15, 0.2) is 4.77 Å². The summed E-state index contributed by atoms with van der Waals surface area (Å²) >= 11 is 5.41. The molecule has 0 saturated carbocycles. The van der Waals surface area contributed by atoms with Crippen molar-refractivity contribution < 1.29 is 0 Å². The van der Waals surface area contributed by atoms with Gasteiger partial charge in [0, 0.05) is 6.54 Å². The third-order valence-electron chi connectivity index (χ3n) is 3.26. The van der Waals surface area contributed by atoms with Crippen molar-refractivity contribution in [2.24, 2.45) is 0 Å². The quantitative estimate of drug-likeness (QED) is 0.661. The van der Waals surface area contributed by atoms with Crippen molar-refractivity contribution in [3.63, 3.8) is 0 Å². The molecule has 2 aromatic rings. The Bertz CT molecular complexity index is 580. The van der Waals surface area contributed by atoms with Crippen LogP contribution in [0.25, 0.3) is 11.0 Å². The molecule has 4 heteroatoms. The minimum absolute atomic E-state index is 0.837. The molecule has 1 aromatic carbocycles. The van der Waals surface area contributed by atoms with Crippen LogP contribution >= 0.6 is 12.2 Å². The molecule has 0 aliphatic heterocycles. The third kappa shape index (κ3) is 2.82. The molecule has 1 aromatic heterocycles. The van der Waals surface area contributed by atoms with Gasteiger partial charge >= 0.3 is 0 Å². The number of H-pyrrole nitrogens is 1. The van der Waals surface area contributed by atoms with E-state index in [1.165, 1.54) is 23.0 Å². The number of aryl methyl sites for hydroxylation is 2. The maximum absolute atomic E-state index is 5.41. The highest BCUT2D eigenvalue weighted by Gasteiger charge is 2.05. The summed E-state index contributed by atoms with van der Waals surface area (Å²) in [6.07, 6.45) is 2.36. The Kier molecular flexibility index (Phi) is 4.19. The van der Waals surface area contributed by atoms with E-state index in [-0.39, 0.29) is 0 Å². The van der Waals surface area contributed by atoms with E-state index in [2.05, 4.69) is 53.7 Å². The largest absolute Gasteiger partial charge is 0.330 e. The van der Waals surface area contributed by atoms with E-state index in [0.717, 1.165) is 24.3 Å². The number of hydrogen-bond acceptors (Lipinski definition) is 2. The van der Waals surface area contributed by atoms with Crippen LogP contribution in [0.15, 0.2) is 18.2 Å². The van der Waals surface area contributed by atoms with E-state index in [1.54, 1.807) is 0 Å². The first-order valence-electron chi connectivity index (χ1n) is 6.42. The van der Waals surface area contributed by atoms with Gasteiger partial charge in [0.2, 0.25) is 0 Å². The van der Waals surface area contributed by atoms with Crippen molar-refractivity contribution in [3.8, 4) is 0 Å². The molecule has 0 bridgehead atoms. The average Bonchev–Trinajstić information content (AvgIpc) is 2.63. The fourth-order valence-electron chi connectivity index (χ4n) is 2.24. The van der Waals surface area contributed by atoms with Gasteiger partial charge in [-0.1, -0.05) is 12.1 Å². The van der Waals surface area contributed by atoms with Gasteiger partial charge in [-0.15, -0.1) is 0 Å². The number of benzene rings is 1. The van der Waals surface area contributed by atoms with Crippen LogP contribution in [-0.2, 0) is 6.54 Å². The predicted molar refractivity (Wildman–Crippen MR) is 79.6 cm³/mol. The normalized spacial score (nSPS) is 11.6. The average molecular weight is 263 g/mol. The van der Waals surface area contributed by atoms with E-state index < -0.39 is 0 Å². The zero-order valence-corrected chi connectivity index (χ0v) is 12.2. The van der Waals surface area contributed by atoms with Crippen LogP contribution in [0.3, 0.4) is 0 Å². The van der Waals surface area contributed by atoms with Crippen molar-refractivity contribution in [1.82, 2.24) is 14.5 Å². The Morgan fingerprint density at radius 2 is 2.06 bits per heavy atom. The molecule has 18 heavy (non-hydrogen) atoms. The number of aromatic nitrogens is 2. The van der Waals surface area contributed by atoms with Crippen molar-refractivity contribution >= 4 is 23.3 Å². The number of nitrogens with one attached hydrogen (secondary N) is 1. The molecule has 0 fully saturated rings. The van der Waals surface area contributed by atoms with Crippen molar-refractivity contribution in [3.05, 3.63) is 28.5 Å². The first kappa shape index (κ1) is 13.3. The van der Waals surface area contributed by atoms with Crippen LogP contribution in [0.2, 0.25) is 0 Å². The zero-order chi connectivity index (χ0) is 13.1. The maximum Gasteiger partial charge on any atom is 0.178 e. The fourth-order valence-corrected chi connectivity index (χ4v) is 2.54. The number of aromatic amines is 1. The van der Waals surface area contributed by atoms with E-state index in [9.17, 15) is 0 Å². The number of imidazole rings is 1. The summed E-state index contributed by atoms with van der Waals surface area (Å²) in [7, 11) is 4.22. The van der Waals surface area contributed by atoms with Gasteiger partial charge in [0.05, 0.1) is 11.0 Å². The van der Waals surface area contributed by atoms with Crippen LogP contribution < -0.4 is 0 Å². The van der Waals surface area contributed by atoms with Gasteiger partial charge in [-0.2, -0.15) is 0 Å². The number of nitrogens with zero attached hydrogens (tertiary/aromatic N) is 2. The number of para-hydroxylation sites is 1. The van der Waals surface area contributed by atoms with Gasteiger partial charge in [-0.05, 0) is 64.3 Å². The molecule has 98 valence electrons. The molecule has 0 amide bonds. The lowest BCUT2D eigenvalue weighted by atomic mass is 10.2. The second-order valence-corrected chi connectivity index (χ2v) is 5.45. The molecule has 0 aliphatic carbocycles. The minimum atomic E-state index is 0.837. The maximum atomic E-state index is 5.41. The lowest BCUT2D eigenvalue weighted by Crippen LogP contribution is -2.13. The molecular weight excluding hydrogens is 242 g/mol. The molecule has 0 unspecified atom stereocenters. The molecule has 0 spiro atoms. The topological polar surface area (TPSA) is 24.0 Å². The molecule has 0 atom stereocenters. The summed E-state index contributed by atoms with van der Waals surface area (Å²) in [5.41, 5.74) is 3.66. The van der Waals surface area contributed by atoms with Crippen molar-refractivity contribution in [2.45, 2.75) is 26.3 Å². The monoisotopic (exact) mass is 263 g/mol. The smallest absolute Gasteiger partial charge is 0.178 e. The molecule has 1 heterocycles. The summed E-state index contributed by atoms with van der Waals surface area (Å²) in [6, 6.07) is 6.35. The van der Waals surface area contributed by atoms with Gasteiger partial charge in [0.1, 0.15) is 0 Å². The summed E-state index contributed by atoms with van der Waals surface area (Å²) in [5, 5.41) is 0. The van der Waals surface area contributed by atoms with E-state index >= 15 is 0 Å². The summed E-state index contributed by atoms with van der Waals surface area (Å²) in [6.45, 7) is 4.24. The second kappa shape index (κ2) is 5.67. The Morgan fingerprint density at radius 1 is 1.28 bits per heavy atom. The summed E-state index contributed by atoms with van der Waals surface area (Å²) in [4.78, 5) is 5.53. The molecule has 2 rings (SSSR count). The molecule has 3 nitrogen and oxygen atoms in total. The first-order chi connectivity index (χ1) is 8.59. The third-order valence-corrected chi connectivity index (χ3v) is 3.58. The highest BCUT2D eigenvalue weighted by Crippen LogP contribution is 2.18. The van der Waals surface area contributed by atoms with E-state index in [1.807, 2.05) is 0 Å². The Hall–Kier alpha value is -1.13. The lowest BCUT2D eigenvalue weighted by molar-refractivity contribution is 0.388. The van der Waals surface area contributed by atoms with Crippen molar-refractivity contribution in [2.75, 3.05) is 20.6 Å². The molecule has 1 N–H and O–H groups in total. The Morgan fingerprint density at radius 3 is 2.78 bits per heavy atom. The molecule has 0 radical (unpaired) electrons. The highest BCUT2D eigenvalue weighted by molar-refractivity contribution is 7.71. The molecule has 0 saturated heterocycles. The van der Waals surface area contributed by atoms with Crippen LogP contribution in [0.5, 0.6) is 0 Å². The minimum Gasteiger partial charge on any atom is -0.330 e.